The molecule has 1 aromatic rings. The Hall–Kier alpha value is -1.60. The van der Waals surface area contributed by atoms with E-state index in [4.69, 9.17) is 4.74 Å². The Bertz CT molecular complexity index is 511. The van der Waals surface area contributed by atoms with Crippen LogP contribution in [-0.4, -0.2) is 40.8 Å². The fourth-order valence-electron chi connectivity index (χ4n) is 1.43. The smallest absolute Gasteiger partial charge is 0.224 e. The monoisotopic (exact) mass is 286 g/mol. The van der Waals surface area contributed by atoms with E-state index in [0.29, 0.717) is 0 Å². The summed E-state index contributed by atoms with van der Waals surface area (Å²) in [5, 5.41) is 2.64. The molecule has 106 valence electrons. The summed E-state index contributed by atoms with van der Waals surface area (Å²) in [5.74, 6) is 0.585. The zero-order valence-corrected chi connectivity index (χ0v) is 11.8. The molecule has 1 amide bonds. The van der Waals surface area contributed by atoms with Crippen molar-refractivity contribution in [2.75, 3.05) is 26.5 Å². The van der Waals surface area contributed by atoms with E-state index in [2.05, 4.69) is 10.0 Å². The van der Waals surface area contributed by atoms with Crippen molar-refractivity contribution in [1.29, 1.82) is 0 Å². The molecule has 0 spiro atoms. The van der Waals surface area contributed by atoms with Crippen molar-refractivity contribution in [3.8, 4) is 5.75 Å². The SMILES string of the molecule is COc1ccc(CC(=O)NCCNS(C)(=O)=O)cc1. The molecule has 0 heterocycles. The van der Waals surface area contributed by atoms with E-state index in [-0.39, 0.29) is 25.4 Å². The number of amides is 1. The number of carbonyl (C=O) groups is 1. The molecule has 7 heteroatoms. The van der Waals surface area contributed by atoms with Gasteiger partial charge in [0.05, 0.1) is 19.8 Å². The van der Waals surface area contributed by atoms with Gasteiger partial charge in [-0.2, -0.15) is 0 Å². The van der Waals surface area contributed by atoms with Gasteiger partial charge in [0.2, 0.25) is 15.9 Å². The van der Waals surface area contributed by atoms with Gasteiger partial charge in [0.1, 0.15) is 5.75 Å². The molecule has 0 unspecified atom stereocenters. The van der Waals surface area contributed by atoms with Crippen LogP contribution in [0.4, 0.5) is 0 Å². The highest BCUT2D eigenvalue weighted by Crippen LogP contribution is 2.11. The third kappa shape index (κ3) is 6.78. The van der Waals surface area contributed by atoms with Crippen molar-refractivity contribution in [1.82, 2.24) is 10.0 Å². The quantitative estimate of drug-likeness (QED) is 0.686. The molecule has 1 aromatic carbocycles. The number of hydrogen-bond donors (Lipinski definition) is 2. The van der Waals surface area contributed by atoms with E-state index in [1.807, 2.05) is 12.1 Å². The number of rotatable bonds is 7. The summed E-state index contributed by atoms with van der Waals surface area (Å²) in [6, 6.07) is 7.20. The fourth-order valence-corrected chi connectivity index (χ4v) is 1.90. The van der Waals surface area contributed by atoms with Crippen LogP contribution in [0.5, 0.6) is 5.75 Å². The second-order valence-corrected chi connectivity index (χ2v) is 5.87. The van der Waals surface area contributed by atoms with Crippen LogP contribution in [-0.2, 0) is 21.2 Å². The third-order valence-corrected chi connectivity index (χ3v) is 3.06. The molecule has 0 aliphatic rings. The molecule has 0 atom stereocenters. The van der Waals surface area contributed by atoms with Crippen molar-refractivity contribution in [3.63, 3.8) is 0 Å². The summed E-state index contributed by atoms with van der Waals surface area (Å²) in [4.78, 5) is 11.6. The number of methoxy groups -OCH3 is 1. The Balaban J connectivity index is 2.30. The van der Waals surface area contributed by atoms with Gasteiger partial charge in [-0.05, 0) is 17.7 Å². The number of hydrogen-bond acceptors (Lipinski definition) is 4. The van der Waals surface area contributed by atoms with Crippen molar-refractivity contribution in [2.45, 2.75) is 6.42 Å². The number of ether oxygens (including phenoxy) is 1. The summed E-state index contributed by atoms with van der Waals surface area (Å²) < 4.78 is 28.9. The minimum atomic E-state index is -3.20. The Morgan fingerprint density at radius 3 is 2.37 bits per heavy atom. The first-order chi connectivity index (χ1) is 8.90. The molecule has 0 saturated heterocycles. The molecular weight excluding hydrogens is 268 g/mol. The lowest BCUT2D eigenvalue weighted by Crippen LogP contribution is -2.34. The minimum absolute atomic E-state index is 0.152. The van der Waals surface area contributed by atoms with Crippen molar-refractivity contribution in [2.24, 2.45) is 0 Å². The van der Waals surface area contributed by atoms with Crippen LogP contribution in [0.3, 0.4) is 0 Å². The highest BCUT2D eigenvalue weighted by atomic mass is 32.2. The largest absolute Gasteiger partial charge is 0.497 e. The number of sulfonamides is 1. The lowest BCUT2D eigenvalue weighted by Gasteiger charge is -2.06. The number of nitrogens with one attached hydrogen (secondary N) is 2. The van der Waals surface area contributed by atoms with Crippen molar-refractivity contribution in [3.05, 3.63) is 29.8 Å². The molecule has 0 radical (unpaired) electrons. The predicted molar refractivity (Wildman–Crippen MR) is 72.6 cm³/mol. The first-order valence-electron chi connectivity index (χ1n) is 5.75. The molecule has 0 fully saturated rings. The topological polar surface area (TPSA) is 84.5 Å². The zero-order chi connectivity index (χ0) is 14.3. The van der Waals surface area contributed by atoms with Gasteiger partial charge < -0.3 is 10.1 Å². The first kappa shape index (κ1) is 15.5. The molecule has 1 rings (SSSR count). The van der Waals surface area contributed by atoms with Gasteiger partial charge in [-0.25, -0.2) is 13.1 Å². The Morgan fingerprint density at radius 1 is 1.21 bits per heavy atom. The van der Waals surface area contributed by atoms with E-state index >= 15 is 0 Å². The predicted octanol–water partition coefficient (Wildman–Crippen LogP) is -0.0969. The van der Waals surface area contributed by atoms with Crippen LogP contribution in [0.1, 0.15) is 5.56 Å². The maximum Gasteiger partial charge on any atom is 0.224 e. The summed E-state index contributed by atoms with van der Waals surface area (Å²) in [7, 11) is -1.62. The first-order valence-corrected chi connectivity index (χ1v) is 7.64. The van der Waals surface area contributed by atoms with Crippen LogP contribution in [0.15, 0.2) is 24.3 Å². The summed E-state index contributed by atoms with van der Waals surface area (Å²) >= 11 is 0. The molecule has 0 aliphatic heterocycles. The van der Waals surface area contributed by atoms with E-state index in [1.165, 1.54) is 0 Å². The highest BCUT2D eigenvalue weighted by molar-refractivity contribution is 7.88. The van der Waals surface area contributed by atoms with Gasteiger partial charge in [-0.15, -0.1) is 0 Å². The Kier molecular flexibility index (Phi) is 5.78. The van der Waals surface area contributed by atoms with Gasteiger partial charge >= 0.3 is 0 Å². The lowest BCUT2D eigenvalue weighted by molar-refractivity contribution is -0.120. The average molecular weight is 286 g/mol. The van der Waals surface area contributed by atoms with Crippen molar-refractivity contribution >= 4 is 15.9 Å². The second-order valence-electron chi connectivity index (χ2n) is 4.04. The lowest BCUT2D eigenvalue weighted by atomic mass is 10.1. The molecule has 0 saturated carbocycles. The molecule has 0 aromatic heterocycles. The molecule has 19 heavy (non-hydrogen) atoms. The van der Waals surface area contributed by atoms with Gasteiger partial charge in [-0.3, -0.25) is 4.79 Å². The highest BCUT2D eigenvalue weighted by Gasteiger charge is 2.04. The van der Waals surface area contributed by atoms with E-state index in [1.54, 1.807) is 19.2 Å². The maximum atomic E-state index is 11.6. The van der Waals surface area contributed by atoms with Gasteiger partial charge in [0.15, 0.2) is 0 Å². The maximum absolute atomic E-state index is 11.6. The van der Waals surface area contributed by atoms with E-state index in [0.717, 1.165) is 17.6 Å². The van der Waals surface area contributed by atoms with Gasteiger partial charge in [-0.1, -0.05) is 12.1 Å². The second kappa shape index (κ2) is 7.10. The van der Waals surface area contributed by atoms with Crippen LogP contribution in [0.25, 0.3) is 0 Å². The number of benzene rings is 1. The molecule has 6 nitrogen and oxygen atoms in total. The summed E-state index contributed by atoms with van der Waals surface area (Å²) in [6.07, 6.45) is 1.33. The molecular formula is C12H18N2O4S. The van der Waals surface area contributed by atoms with Gasteiger partial charge in [0.25, 0.3) is 0 Å². The van der Waals surface area contributed by atoms with E-state index in [9.17, 15) is 13.2 Å². The normalized spacial score (nSPS) is 11.1. The summed E-state index contributed by atoms with van der Waals surface area (Å²) in [6.45, 7) is 0.454. The minimum Gasteiger partial charge on any atom is -0.497 e. The summed E-state index contributed by atoms with van der Waals surface area (Å²) in [5.41, 5.74) is 0.870. The average Bonchev–Trinajstić information content (AvgIpc) is 2.34. The van der Waals surface area contributed by atoms with Gasteiger partial charge in [0, 0.05) is 13.1 Å². The van der Waals surface area contributed by atoms with E-state index < -0.39 is 10.0 Å². The third-order valence-electron chi connectivity index (χ3n) is 2.34. The zero-order valence-electron chi connectivity index (χ0n) is 11.0. The van der Waals surface area contributed by atoms with Crippen LogP contribution in [0, 0.1) is 0 Å². The van der Waals surface area contributed by atoms with Crippen molar-refractivity contribution < 1.29 is 17.9 Å². The Labute approximate surface area is 113 Å². The van der Waals surface area contributed by atoms with Crippen LogP contribution < -0.4 is 14.8 Å². The fraction of sp³-hybridized carbons (Fsp3) is 0.417. The number of carbonyl (C=O) groups excluding carboxylic acids is 1. The van der Waals surface area contributed by atoms with Crippen LogP contribution in [0.2, 0.25) is 0 Å². The molecule has 2 N–H and O–H groups in total. The Morgan fingerprint density at radius 2 is 1.84 bits per heavy atom. The van der Waals surface area contributed by atoms with Crippen LogP contribution >= 0.6 is 0 Å². The molecule has 0 bridgehead atoms. The standard InChI is InChI=1S/C12H18N2O4S/c1-18-11-5-3-10(4-6-11)9-12(15)13-7-8-14-19(2,16)17/h3-6,14H,7-9H2,1-2H3,(H,13,15). The molecule has 0 aliphatic carbocycles.